The van der Waals surface area contributed by atoms with Crippen LogP contribution >= 0.6 is 0 Å². The van der Waals surface area contributed by atoms with E-state index in [1.54, 1.807) is 0 Å². The third kappa shape index (κ3) is 27.3. The van der Waals surface area contributed by atoms with Gasteiger partial charge in [-0.25, -0.2) is 9.59 Å². The molecule has 57 heavy (non-hydrogen) atoms. The highest BCUT2D eigenvalue weighted by atomic mass is 16.2. The molecule has 0 unspecified atom stereocenters. The second-order valence-corrected chi connectivity index (χ2v) is 16.4. The van der Waals surface area contributed by atoms with Crippen molar-refractivity contribution in [2.45, 2.75) is 175 Å². The Morgan fingerprint density at radius 2 is 0.737 bits per heavy atom. The van der Waals surface area contributed by atoms with E-state index < -0.39 is 0 Å². The normalized spacial score (nSPS) is 11.3. The van der Waals surface area contributed by atoms with Gasteiger partial charge in [0.2, 0.25) is 0 Å². The van der Waals surface area contributed by atoms with Gasteiger partial charge in [0.25, 0.3) is 0 Å². The lowest BCUT2D eigenvalue weighted by atomic mass is 10.0. The molecule has 0 fully saturated rings. The fourth-order valence-electron chi connectivity index (χ4n) is 7.54. The summed E-state index contributed by atoms with van der Waals surface area (Å²) in [5, 5.41) is 12.2. The summed E-state index contributed by atoms with van der Waals surface area (Å²) in [6, 6.07) is 15.7. The molecule has 0 saturated heterocycles. The van der Waals surface area contributed by atoms with Gasteiger partial charge in [0.05, 0.1) is 0 Å². The second kappa shape index (κ2) is 34.9. The van der Waals surface area contributed by atoms with Gasteiger partial charge in [-0.05, 0) is 120 Å². The minimum atomic E-state index is -0.160. The van der Waals surface area contributed by atoms with E-state index in [9.17, 15) is 9.59 Å². The first kappa shape index (κ1) is 50.0. The molecule has 0 saturated carbocycles. The standard InChI is InChI=1S/C49H86N6O2/c1-5-9-13-17-19-23-37-54(35-21-15-11-7-3)39-27-33-50-48(56)52-46-31-25-29-44(42-46)41-45-30-26-32-47(43-45)53-49(57)51-34-28-40-55(36-22-16-12-8-4)38-24-20-18-14-10-6-2/h25-26,29-32,42-43H,5-24,27-28,33-41H2,1-4H3,(H2,50,52,56)(H2,51,53,57). The van der Waals surface area contributed by atoms with Crippen LogP contribution in [0.4, 0.5) is 21.0 Å². The Kier molecular flexibility index (Phi) is 30.6. The lowest BCUT2D eigenvalue weighted by Gasteiger charge is -2.22. The quantitative estimate of drug-likeness (QED) is 0.0518. The van der Waals surface area contributed by atoms with E-state index in [0.717, 1.165) is 61.5 Å². The van der Waals surface area contributed by atoms with Crippen molar-refractivity contribution in [3.8, 4) is 0 Å². The minimum Gasteiger partial charge on any atom is -0.338 e. The predicted molar refractivity (Wildman–Crippen MR) is 247 cm³/mol. The van der Waals surface area contributed by atoms with Crippen molar-refractivity contribution in [3.05, 3.63) is 59.7 Å². The Bertz CT molecular complexity index is 1180. The zero-order valence-electron chi connectivity index (χ0n) is 37.3. The summed E-state index contributed by atoms with van der Waals surface area (Å²) < 4.78 is 0. The van der Waals surface area contributed by atoms with Crippen molar-refractivity contribution in [1.29, 1.82) is 0 Å². The molecule has 0 aliphatic carbocycles. The molecular weight excluding hydrogens is 705 g/mol. The van der Waals surface area contributed by atoms with Gasteiger partial charge in [0, 0.05) is 24.5 Å². The van der Waals surface area contributed by atoms with Crippen molar-refractivity contribution < 1.29 is 9.59 Å². The van der Waals surface area contributed by atoms with Gasteiger partial charge in [-0.2, -0.15) is 0 Å². The second-order valence-electron chi connectivity index (χ2n) is 16.4. The lowest BCUT2D eigenvalue weighted by molar-refractivity contribution is 0.244. The van der Waals surface area contributed by atoms with Crippen LogP contribution in [0.3, 0.4) is 0 Å². The third-order valence-corrected chi connectivity index (χ3v) is 11.0. The third-order valence-electron chi connectivity index (χ3n) is 11.0. The fraction of sp³-hybridized carbons (Fsp3) is 0.714. The van der Waals surface area contributed by atoms with Gasteiger partial charge in [-0.1, -0.05) is 155 Å². The average molecular weight is 791 g/mol. The first-order valence-corrected chi connectivity index (χ1v) is 23.7. The molecule has 0 radical (unpaired) electrons. The highest BCUT2D eigenvalue weighted by Gasteiger charge is 2.09. The highest BCUT2D eigenvalue weighted by molar-refractivity contribution is 5.90. The van der Waals surface area contributed by atoms with Crippen LogP contribution in [0.5, 0.6) is 0 Å². The number of rotatable bonds is 36. The van der Waals surface area contributed by atoms with Crippen molar-refractivity contribution in [1.82, 2.24) is 20.4 Å². The number of unbranched alkanes of at least 4 members (excludes halogenated alkanes) is 16. The van der Waals surface area contributed by atoms with Crippen molar-refractivity contribution in [2.75, 3.05) is 63.0 Å². The first-order valence-electron chi connectivity index (χ1n) is 23.7. The summed E-state index contributed by atoms with van der Waals surface area (Å²) in [7, 11) is 0. The van der Waals surface area contributed by atoms with Crippen LogP contribution in [0, 0.1) is 0 Å². The largest absolute Gasteiger partial charge is 0.338 e. The molecule has 0 aliphatic rings. The van der Waals surface area contributed by atoms with Crippen LogP contribution in [-0.2, 0) is 6.42 Å². The SMILES string of the molecule is CCCCCCCCN(CCCCCC)CCCNC(=O)Nc1cccc(Cc2cccc(NC(=O)NCCCN(CCCCCC)CCCCCCCC)c2)c1. The van der Waals surface area contributed by atoms with E-state index >= 15 is 0 Å². The molecule has 0 bridgehead atoms. The molecule has 324 valence electrons. The number of nitrogens with one attached hydrogen (secondary N) is 4. The van der Waals surface area contributed by atoms with E-state index in [2.05, 4.69) is 70.9 Å². The summed E-state index contributed by atoms with van der Waals surface area (Å²) in [5.41, 5.74) is 3.77. The number of nitrogens with zero attached hydrogens (tertiary/aromatic N) is 2. The van der Waals surface area contributed by atoms with Gasteiger partial charge in [-0.15, -0.1) is 0 Å². The fourth-order valence-corrected chi connectivity index (χ4v) is 7.54. The van der Waals surface area contributed by atoms with Gasteiger partial charge >= 0.3 is 12.1 Å². The van der Waals surface area contributed by atoms with Crippen LogP contribution in [-0.4, -0.2) is 74.2 Å². The van der Waals surface area contributed by atoms with Crippen molar-refractivity contribution >= 4 is 23.4 Å². The van der Waals surface area contributed by atoms with E-state index in [-0.39, 0.29) is 12.1 Å². The monoisotopic (exact) mass is 791 g/mol. The number of carbonyl (C=O) groups excluding carboxylic acids is 2. The zero-order valence-corrected chi connectivity index (χ0v) is 37.3. The van der Waals surface area contributed by atoms with Gasteiger partial charge in [0.1, 0.15) is 0 Å². The van der Waals surface area contributed by atoms with E-state index in [4.69, 9.17) is 0 Å². The molecule has 0 heterocycles. The summed E-state index contributed by atoms with van der Waals surface area (Å²) in [6.07, 6.45) is 28.8. The Morgan fingerprint density at radius 3 is 1.11 bits per heavy atom. The molecule has 4 N–H and O–H groups in total. The van der Waals surface area contributed by atoms with Gasteiger partial charge in [-0.3, -0.25) is 0 Å². The molecule has 8 heteroatoms. The Labute approximate surface area is 350 Å². The van der Waals surface area contributed by atoms with Gasteiger partial charge in [0.15, 0.2) is 0 Å². The number of carbonyl (C=O) groups is 2. The smallest absolute Gasteiger partial charge is 0.319 e. The maximum Gasteiger partial charge on any atom is 0.319 e. The predicted octanol–water partition coefficient (Wildman–Crippen LogP) is 12.8. The van der Waals surface area contributed by atoms with Crippen molar-refractivity contribution in [3.63, 3.8) is 0 Å². The van der Waals surface area contributed by atoms with Crippen LogP contribution in [0.1, 0.15) is 180 Å². The van der Waals surface area contributed by atoms with Crippen LogP contribution < -0.4 is 21.3 Å². The Balaban J connectivity index is 1.75. The summed E-state index contributed by atoms with van der Waals surface area (Å²) in [6.45, 7) is 17.1. The minimum absolute atomic E-state index is 0.160. The average Bonchev–Trinajstić information content (AvgIpc) is 3.20. The molecule has 4 amide bonds. The number of benzene rings is 2. The van der Waals surface area contributed by atoms with Crippen LogP contribution in [0.15, 0.2) is 48.5 Å². The summed E-state index contributed by atoms with van der Waals surface area (Å²) in [4.78, 5) is 30.8. The molecule has 2 rings (SSSR count). The maximum atomic E-state index is 12.8. The maximum absolute atomic E-state index is 12.8. The molecule has 0 spiro atoms. The summed E-state index contributed by atoms with van der Waals surface area (Å²) in [5.74, 6) is 0. The number of urea groups is 2. The van der Waals surface area contributed by atoms with E-state index in [1.165, 1.54) is 142 Å². The number of hydrogen-bond donors (Lipinski definition) is 4. The molecule has 8 nitrogen and oxygen atoms in total. The highest BCUT2D eigenvalue weighted by Crippen LogP contribution is 2.18. The first-order chi connectivity index (χ1) is 28.0. The lowest BCUT2D eigenvalue weighted by Crippen LogP contribution is -2.33. The molecule has 0 aromatic heterocycles. The van der Waals surface area contributed by atoms with Gasteiger partial charge < -0.3 is 31.1 Å². The number of amides is 4. The zero-order chi connectivity index (χ0) is 41.0. The topological polar surface area (TPSA) is 88.7 Å². The summed E-state index contributed by atoms with van der Waals surface area (Å²) >= 11 is 0. The number of anilines is 2. The van der Waals surface area contributed by atoms with Crippen LogP contribution in [0.2, 0.25) is 0 Å². The molecular formula is C49H86N6O2. The molecule has 2 aromatic rings. The number of hydrogen-bond acceptors (Lipinski definition) is 4. The molecule has 0 atom stereocenters. The van der Waals surface area contributed by atoms with E-state index in [0.29, 0.717) is 19.5 Å². The van der Waals surface area contributed by atoms with E-state index in [1.807, 2.05) is 36.4 Å². The van der Waals surface area contributed by atoms with Crippen molar-refractivity contribution in [2.24, 2.45) is 0 Å². The van der Waals surface area contributed by atoms with Crippen LogP contribution in [0.25, 0.3) is 0 Å². The Morgan fingerprint density at radius 1 is 0.421 bits per heavy atom. The Hall–Kier alpha value is -3.10. The molecule has 2 aromatic carbocycles. The molecule has 0 aliphatic heterocycles.